The number of aromatic hydroxyl groups is 1. The Balaban J connectivity index is 1.64. The van der Waals surface area contributed by atoms with Gasteiger partial charge in [-0.2, -0.15) is 0 Å². The molecule has 6 nitrogen and oxygen atoms in total. The fourth-order valence-electron chi connectivity index (χ4n) is 4.67. The standard InChI is InChI=1S/C28H28N4O2/c1-19-10-13-24-25(16-19)32(20(2)33)28(34)26(24)27(21-8-4-3-5-9-21)30-22-11-12-23(29-17-22)18-31-14-6-7-15-31/h3-5,8-13,16-17,34H,6-7,14-15,18H2,1-2H3. The molecular formula is C28H28N4O2. The fourth-order valence-corrected chi connectivity index (χ4v) is 4.67. The third-order valence-electron chi connectivity index (χ3n) is 6.33. The van der Waals surface area contributed by atoms with Crippen molar-refractivity contribution in [3.05, 3.63) is 89.2 Å². The predicted octanol–water partition coefficient (Wildman–Crippen LogP) is 5.48. The normalized spacial score (nSPS) is 14.7. The summed E-state index contributed by atoms with van der Waals surface area (Å²) in [6.45, 7) is 6.52. The zero-order chi connectivity index (χ0) is 23.7. The predicted molar refractivity (Wildman–Crippen MR) is 135 cm³/mol. The molecule has 34 heavy (non-hydrogen) atoms. The number of aliphatic imine (C=N–C) groups is 1. The topological polar surface area (TPSA) is 70.7 Å². The van der Waals surface area contributed by atoms with Crippen LogP contribution >= 0.6 is 0 Å². The van der Waals surface area contributed by atoms with Crippen molar-refractivity contribution < 1.29 is 9.90 Å². The molecule has 0 aliphatic carbocycles. The monoisotopic (exact) mass is 452 g/mol. The molecule has 1 fully saturated rings. The van der Waals surface area contributed by atoms with Gasteiger partial charge in [0.25, 0.3) is 0 Å². The van der Waals surface area contributed by atoms with E-state index in [0.717, 1.165) is 41.8 Å². The van der Waals surface area contributed by atoms with Gasteiger partial charge in [0.1, 0.15) is 0 Å². The Morgan fingerprint density at radius 2 is 1.82 bits per heavy atom. The summed E-state index contributed by atoms with van der Waals surface area (Å²) < 4.78 is 1.35. The molecule has 5 rings (SSSR count). The van der Waals surface area contributed by atoms with E-state index in [0.29, 0.717) is 22.5 Å². The number of hydrogen-bond donors (Lipinski definition) is 1. The molecule has 172 valence electrons. The zero-order valence-electron chi connectivity index (χ0n) is 19.5. The largest absolute Gasteiger partial charge is 0.494 e. The van der Waals surface area contributed by atoms with E-state index in [2.05, 4.69) is 9.88 Å². The third kappa shape index (κ3) is 4.24. The molecule has 1 aliphatic rings. The van der Waals surface area contributed by atoms with Crippen molar-refractivity contribution in [2.75, 3.05) is 13.1 Å². The SMILES string of the molecule is CC(=O)n1c(O)c(C(=Nc2ccc(CN3CCCC3)nc2)c2ccccc2)c2ccc(C)cc21. The Labute approximate surface area is 199 Å². The minimum Gasteiger partial charge on any atom is -0.494 e. The van der Waals surface area contributed by atoms with Gasteiger partial charge in [0.2, 0.25) is 11.8 Å². The molecule has 0 radical (unpaired) electrons. The quantitative estimate of drug-likeness (QED) is 0.407. The summed E-state index contributed by atoms with van der Waals surface area (Å²) in [4.78, 5) is 24.4. The van der Waals surface area contributed by atoms with Gasteiger partial charge in [0.15, 0.2) is 0 Å². The van der Waals surface area contributed by atoms with E-state index < -0.39 is 0 Å². The lowest BCUT2D eigenvalue weighted by atomic mass is 10.0. The summed E-state index contributed by atoms with van der Waals surface area (Å²) in [5.41, 5.74) is 5.38. The Morgan fingerprint density at radius 3 is 2.50 bits per heavy atom. The Kier molecular flexibility index (Phi) is 5.99. The van der Waals surface area contributed by atoms with Crippen molar-refractivity contribution >= 4 is 28.2 Å². The summed E-state index contributed by atoms with van der Waals surface area (Å²) in [5, 5.41) is 12.0. The van der Waals surface area contributed by atoms with Crippen LogP contribution in [0.25, 0.3) is 10.9 Å². The molecule has 6 heteroatoms. The van der Waals surface area contributed by atoms with Crippen molar-refractivity contribution in [1.82, 2.24) is 14.5 Å². The first-order valence-electron chi connectivity index (χ1n) is 11.7. The Bertz CT molecular complexity index is 1370. The van der Waals surface area contributed by atoms with Gasteiger partial charge in [-0.05, 0) is 56.6 Å². The van der Waals surface area contributed by atoms with Crippen LogP contribution in [-0.2, 0) is 6.54 Å². The maximum atomic E-state index is 12.5. The molecule has 1 saturated heterocycles. The highest BCUT2D eigenvalue weighted by Crippen LogP contribution is 2.35. The van der Waals surface area contributed by atoms with Crippen LogP contribution in [-0.4, -0.2) is 44.3 Å². The van der Waals surface area contributed by atoms with E-state index in [1.807, 2.05) is 67.6 Å². The van der Waals surface area contributed by atoms with Crippen molar-refractivity contribution in [3.63, 3.8) is 0 Å². The lowest BCUT2D eigenvalue weighted by Gasteiger charge is -2.13. The molecule has 0 saturated carbocycles. The van der Waals surface area contributed by atoms with Gasteiger partial charge >= 0.3 is 0 Å². The van der Waals surface area contributed by atoms with Crippen molar-refractivity contribution in [2.24, 2.45) is 4.99 Å². The van der Waals surface area contributed by atoms with E-state index in [9.17, 15) is 9.90 Å². The molecule has 0 spiro atoms. The van der Waals surface area contributed by atoms with Crippen LogP contribution in [0.1, 0.15) is 46.9 Å². The Hall–Kier alpha value is -3.77. The van der Waals surface area contributed by atoms with Gasteiger partial charge in [-0.15, -0.1) is 0 Å². The molecule has 2 aromatic carbocycles. The molecule has 0 bridgehead atoms. The van der Waals surface area contributed by atoms with Crippen LogP contribution in [0.3, 0.4) is 0 Å². The average molecular weight is 453 g/mol. The molecule has 1 aliphatic heterocycles. The number of fused-ring (bicyclic) bond motifs is 1. The zero-order valence-corrected chi connectivity index (χ0v) is 19.5. The molecule has 0 unspecified atom stereocenters. The number of nitrogens with zero attached hydrogens (tertiary/aromatic N) is 4. The lowest BCUT2D eigenvalue weighted by molar-refractivity contribution is 0.0933. The second-order valence-electron chi connectivity index (χ2n) is 8.89. The van der Waals surface area contributed by atoms with Crippen molar-refractivity contribution in [3.8, 4) is 5.88 Å². The van der Waals surface area contributed by atoms with Crippen LogP contribution in [0.2, 0.25) is 0 Å². The highest BCUT2D eigenvalue weighted by atomic mass is 16.3. The third-order valence-corrected chi connectivity index (χ3v) is 6.33. The minimum atomic E-state index is -0.250. The summed E-state index contributed by atoms with van der Waals surface area (Å²) >= 11 is 0. The second-order valence-corrected chi connectivity index (χ2v) is 8.89. The summed E-state index contributed by atoms with van der Waals surface area (Å²) in [5.74, 6) is -0.353. The van der Waals surface area contributed by atoms with Gasteiger partial charge < -0.3 is 5.11 Å². The minimum absolute atomic E-state index is 0.102. The van der Waals surface area contributed by atoms with Crippen LogP contribution in [0.5, 0.6) is 5.88 Å². The van der Waals surface area contributed by atoms with Crippen LogP contribution in [0.15, 0.2) is 71.9 Å². The van der Waals surface area contributed by atoms with E-state index in [-0.39, 0.29) is 11.8 Å². The molecule has 0 amide bonds. The highest BCUT2D eigenvalue weighted by molar-refractivity contribution is 6.23. The van der Waals surface area contributed by atoms with Gasteiger partial charge in [0, 0.05) is 24.4 Å². The van der Waals surface area contributed by atoms with Crippen LogP contribution < -0.4 is 0 Å². The molecule has 2 aromatic heterocycles. The number of carbonyl (C=O) groups excluding carboxylic acids is 1. The van der Waals surface area contributed by atoms with E-state index in [1.54, 1.807) is 6.20 Å². The highest BCUT2D eigenvalue weighted by Gasteiger charge is 2.24. The summed E-state index contributed by atoms with van der Waals surface area (Å²) in [7, 11) is 0. The summed E-state index contributed by atoms with van der Waals surface area (Å²) in [6, 6.07) is 19.5. The van der Waals surface area contributed by atoms with Crippen molar-refractivity contribution in [2.45, 2.75) is 33.2 Å². The number of aromatic nitrogens is 2. The molecule has 0 atom stereocenters. The van der Waals surface area contributed by atoms with Gasteiger partial charge in [-0.1, -0.05) is 42.5 Å². The summed E-state index contributed by atoms with van der Waals surface area (Å²) in [6.07, 6.45) is 4.28. The van der Waals surface area contributed by atoms with E-state index in [4.69, 9.17) is 4.99 Å². The van der Waals surface area contributed by atoms with Crippen molar-refractivity contribution in [1.29, 1.82) is 0 Å². The maximum Gasteiger partial charge on any atom is 0.230 e. The molecular weight excluding hydrogens is 424 g/mol. The Morgan fingerprint density at radius 1 is 1.06 bits per heavy atom. The fraction of sp³-hybridized carbons (Fsp3) is 0.250. The lowest BCUT2D eigenvalue weighted by Crippen LogP contribution is -2.18. The van der Waals surface area contributed by atoms with Crippen LogP contribution in [0, 0.1) is 6.92 Å². The van der Waals surface area contributed by atoms with E-state index in [1.165, 1.54) is 24.3 Å². The number of carbonyl (C=O) groups is 1. The maximum absolute atomic E-state index is 12.5. The first-order valence-corrected chi connectivity index (χ1v) is 11.7. The number of pyridine rings is 1. The van der Waals surface area contributed by atoms with Gasteiger partial charge in [-0.25, -0.2) is 4.99 Å². The van der Waals surface area contributed by atoms with Gasteiger partial charge in [-0.3, -0.25) is 19.2 Å². The first kappa shape index (κ1) is 22.0. The average Bonchev–Trinajstić information content (AvgIpc) is 3.44. The van der Waals surface area contributed by atoms with Gasteiger partial charge in [0.05, 0.1) is 34.4 Å². The van der Waals surface area contributed by atoms with Crippen LogP contribution in [0.4, 0.5) is 5.69 Å². The number of benzene rings is 2. The molecule has 4 aromatic rings. The number of likely N-dealkylation sites (tertiary alicyclic amines) is 1. The molecule has 1 N–H and O–H groups in total. The number of rotatable bonds is 5. The molecule has 3 heterocycles. The first-order chi connectivity index (χ1) is 16.5. The smallest absolute Gasteiger partial charge is 0.230 e. The number of hydrogen-bond acceptors (Lipinski definition) is 5. The van der Waals surface area contributed by atoms with E-state index >= 15 is 0 Å². The second kappa shape index (κ2) is 9.23. The number of aryl methyl sites for hydroxylation is 1.